The van der Waals surface area contributed by atoms with Gasteiger partial charge in [-0.1, -0.05) is 6.07 Å². The van der Waals surface area contributed by atoms with Crippen molar-refractivity contribution in [3.8, 4) is 5.75 Å². The molecule has 0 aromatic heterocycles. The van der Waals surface area contributed by atoms with Gasteiger partial charge in [0.15, 0.2) is 0 Å². The molecule has 0 fully saturated rings. The van der Waals surface area contributed by atoms with Gasteiger partial charge < -0.3 is 14.8 Å². The Balaban J connectivity index is 2.02. The second-order valence-electron chi connectivity index (χ2n) is 5.58. The summed E-state index contributed by atoms with van der Waals surface area (Å²) in [7, 11) is -1.11. The average Bonchev–Trinajstić information content (AvgIpc) is 2.66. The monoisotopic (exact) mass is 392 g/mol. The average molecular weight is 392 g/mol. The summed E-state index contributed by atoms with van der Waals surface area (Å²) < 4.78 is 36.6. The van der Waals surface area contributed by atoms with Crippen LogP contribution < -0.4 is 14.8 Å². The van der Waals surface area contributed by atoms with Gasteiger partial charge in [0.25, 0.3) is 0 Å². The summed E-state index contributed by atoms with van der Waals surface area (Å²) in [5, 5.41) is 2.52. The van der Waals surface area contributed by atoms with Crippen LogP contribution in [0.25, 0.3) is 0 Å². The molecule has 0 atom stereocenters. The van der Waals surface area contributed by atoms with Crippen LogP contribution >= 0.6 is 0 Å². The van der Waals surface area contributed by atoms with Gasteiger partial charge in [-0.25, -0.2) is 17.9 Å². The lowest BCUT2D eigenvalue weighted by atomic mass is 10.2. The number of hydrogen-bond donors (Lipinski definition) is 2. The van der Waals surface area contributed by atoms with Crippen LogP contribution in [0.1, 0.15) is 15.9 Å². The van der Waals surface area contributed by atoms with Gasteiger partial charge in [0.2, 0.25) is 15.9 Å². The lowest BCUT2D eigenvalue weighted by molar-refractivity contribution is -0.115. The highest BCUT2D eigenvalue weighted by Gasteiger charge is 2.17. The van der Waals surface area contributed by atoms with Crippen molar-refractivity contribution < 1.29 is 27.5 Å². The van der Waals surface area contributed by atoms with Crippen molar-refractivity contribution >= 4 is 27.6 Å². The van der Waals surface area contributed by atoms with Crippen molar-refractivity contribution in [3.05, 3.63) is 53.6 Å². The fourth-order valence-electron chi connectivity index (χ4n) is 2.31. The lowest BCUT2D eigenvalue weighted by Crippen LogP contribution is -2.33. The molecule has 2 N–H and O–H groups in total. The largest absolute Gasteiger partial charge is 0.496 e. The molecule has 9 heteroatoms. The number of carbonyl (C=O) groups excluding carboxylic acids is 2. The topological polar surface area (TPSA) is 111 Å². The van der Waals surface area contributed by atoms with Crippen molar-refractivity contribution in [2.75, 3.05) is 26.1 Å². The van der Waals surface area contributed by atoms with Gasteiger partial charge >= 0.3 is 5.97 Å². The van der Waals surface area contributed by atoms with Crippen LogP contribution in [0.2, 0.25) is 0 Å². The first-order valence-electron chi connectivity index (χ1n) is 7.89. The highest BCUT2D eigenvalue weighted by molar-refractivity contribution is 7.89. The van der Waals surface area contributed by atoms with Crippen LogP contribution in [0.5, 0.6) is 5.75 Å². The summed E-state index contributed by atoms with van der Waals surface area (Å²) in [6.45, 7) is 1.26. The van der Waals surface area contributed by atoms with E-state index in [-0.39, 0.29) is 10.5 Å². The molecule has 8 nitrogen and oxygen atoms in total. The summed E-state index contributed by atoms with van der Waals surface area (Å²) in [4.78, 5) is 23.6. The van der Waals surface area contributed by atoms with Gasteiger partial charge in [-0.05, 0) is 48.9 Å². The quantitative estimate of drug-likeness (QED) is 0.694. The van der Waals surface area contributed by atoms with E-state index in [1.165, 1.54) is 38.5 Å². The molecule has 1 amide bonds. The normalized spacial score (nSPS) is 10.9. The summed E-state index contributed by atoms with van der Waals surface area (Å²) in [5.41, 5.74) is 1.27. The van der Waals surface area contributed by atoms with Crippen molar-refractivity contribution in [2.45, 2.75) is 11.8 Å². The predicted octanol–water partition coefficient (Wildman–Crippen LogP) is 1.71. The van der Waals surface area contributed by atoms with E-state index in [0.29, 0.717) is 17.0 Å². The molecule has 0 aliphatic rings. The van der Waals surface area contributed by atoms with Crippen LogP contribution in [0.3, 0.4) is 0 Å². The van der Waals surface area contributed by atoms with Gasteiger partial charge in [-0.15, -0.1) is 0 Å². The standard InChI is InChI=1S/C18H20N2O6S/c1-12-9-15(7-8-16(12)25-2)27(23,24)19-11-17(21)20-14-6-4-5-13(10-14)18(22)26-3/h4-10,19H,11H2,1-3H3,(H,20,21). The van der Waals surface area contributed by atoms with Crippen molar-refractivity contribution in [3.63, 3.8) is 0 Å². The van der Waals surface area contributed by atoms with Gasteiger partial charge in [-0.2, -0.15) is 0 Å². The number of aryl methyl sites for hydroxylation is 1. The second-order valence-corrected chi connectivity index (χ2v) is 7.34. The Hall–Kier alpha value is -2.91. The Kier molecular flexibility index (Phi) is 6.54. The van der Waals surface area contributed by atoms with E-state index in [9.17, 15) is 18.0 Å². The highest BCUT2D eigenvalue weighted by atomic mass is 32.2. The van der Waals surface area contributed by atoms with E-state index < -0.39 is 28.4 Å². The van der Waals surface area contributed by atoms with Crippen LogP contribution in [-0.2, 0) is 19.6 Å². The molecule has 2 rings (SSSR count). The summed E-state index contributed by atoms with van der Waals surface area (Å²) >= 11 is 0. The maximum atomic E-state index is 12.3. The second kappa shape index (κ2) is 8.65. The molecule has 0 spiro atoms. The van der Waals surface area contributed by atoms with E-state index in [1.807, 2.05) is 0 Å². The van der Waals surface area contributed by atoms with E-state index >= 15 is 0 Å². The number of ether oxygens (including phenoxy) is 2. The Morgan fingerprint density at radius 1 is 1.07 bits per heavy atom. The van der Waals surface area contributed by atoms with E-state index in [1.54, 1.807) is 25.1 Å². The third-order valence-corrected chi connectivity index (χ3v) is 5.07. The van der Waals surface area contributed by atoms with E-state index in [0.717, 1.165) is 0 Å². The number of benzene rings is 2. The first-order chi connectivity index (χ1) is 12.8. The van der Waals surface area contributed by atoms with Crippen molar-refractivity contribution in [2.24, 2.45) is 0 Å². The molecule has 144 valence electrons. The molecule has 0 saturated carbocycles. The van der Waals surface area contributed by atoms with E-state index in [4.69, 9.17) is 4.74 Å². The number of nitrogens with one attached hydrogen (secondary N) is 2. The molecule has 0 saturated heterocycles. The number of sulfonamides is 1. The number of anilines is 1. The number of amides is 1. The van der Waals surface area contributed by atoms with Crippen LogP contribution in [0.15, 0.2) is 47.4 Å². The number of methoxy groups -OCH3 is 2. The zero-order valence-corrected chi connectivity index (χ0v) is 15.9. The maximum Gasteiger partial charge on any atom is 0.337 e. The molecule has 0 heterocycles. The maximum absolute atomic E-state index is 12.3. The molecule has 0 bridgehead atoms. The SMILES string of the molecule is COC(=O)c1cccc(NC(=O)CNS(=O)(=O)c2ccc(OC)c(C)c2)c1. The first-order valence-corrected chi connectivity index (χ1v) is 9.37. The van der Waals surface area contributed by atoms with Crippen molar-refractivity contribution in [1.29, 1.82) is 0 Å². The Morgan fingerprint density at radius 3 is 2.44 bits per heavy atom. The van der Waals surface area contributed by atoms with Crippen LogP contribution in [-0.4, -0.2) is 41.1 Å². The molecule has 2 aromatic rings. The van der Waals surface area contributed by atoms with Gasteiger partial charge in [0.1, 0.15) is 5.75 Å². The Labute approximate surface area is 157 Å². The van der Waals surface area contributed by atoms with Crippen molar-refractivity contribution in [1.82, 2.24) is 4.72 Å². The molecular formula is C18H20N2O6S. The molecule has 2 aromatic carbocycles. The lowest BCUT2D eigenvalue weighted by Gasteiger charge is -2.10. The van der Waals surface area contributed by atoms with Crippen LogP contribution in [0.4, 0.5) is 5.69 Å². The van der Waals surface area contributed by atoms with Crippen LogP contribution in [0, 0.1) is 6.92 Å². The number of carbonyl (C=O) groups is 2. The summed E-state index contributed by atoms with van der Waals surface area (Å²) in [6, 6.07) is 10.5. The minimum Gasteiger partial charge on any atom is -0.496 e. The molecular weight excluding hydrogens is 372 g/mol. The zero-order valence-electron chi connectivity index (χ0n) is 15.1. The predicted molar refractivity (Wildman–Crippen MR) is 99.3 cm³/mol. The highest BCUT2D eigenvalue weighted by Crippen LogP contribution is 2.21. The molecule has 0 aliphatic carbocycles. The minimum absolute atomic E-state index is 0.0290. The first kappa shape index (κ1) is 20.4. The van der Waals surface area contributed by atoms with Gasteiger partial charge in [0, 0.05) is 5.69 Å². The number of rotatable bonds is 7. The third kappa shape index (κ3) is 5.28. The third-order valence-electron chi connectivity index (χ3n) is 3.67. The minimum atomic E-state index is -3.86. The number of esters is 1. The number of hydrogen-bond acceptors (Lipinski definition) is 6. The smallest absolute Gasteiger partial charge is 0.337 e. The molecule has 0 unspecified atom stereocenters. The zero-order chi connectivity index (χ0) is 20.0. The fraction of sp³-hybridized carbons (Fsp3) is 0.222. The molecule has 0 aliphatic heterocycles. The molecule has 27 heavy (non-hydrogen) atoms. The Morgan fingerprint density at radius 2 is 1.81 bits per heavy atom. The van der Waals surface area contributed by atoms with Gasteiger partial charge in [-0.3, -0.25) is 4.79 Å². The summed E-state index contributed by atoms with van der Waals surface area (Å²) in [5.74, 6) is -0.551. The van der Waals surface area contributed by atoms with Gasteiger partial charge in [0.05, 0.1) is 31.2 Å². The molecule has 0 radical (unpaired) electrons. The Bertz CT molecular complexity index is 956. The summed E-state index contributed by atoms with van der Waals surface area (Å²) in [6.07, 6.45) is 0. The fourth-order valence-corrected chi connectivity index (χ4v) is 3.38. The van der Waals surface area contributed by atoms with E-state index in [2.05, 4.69) is 14.8 Å².